The van der Waals surface area contributed by atoms with Crippen molar-refractivity contribution in [2.24, 2.45) is 17.8 Å². The molecule has 15 heteroatoms. The van der Waals surface area contributed by atoms with Crippen molar-refractivity contribution >= 4 is 49.8 Å². The summed E-state index contributed by atoms with van der Waals surface area (Å²) in [7, 11) is -2.70. The van der Waals surface area contributed by atoms with Gasteiger partial charge >= 0.3 is 5.76 Å². The predicted octanol–water partition coefficient (Wildman–Crippen LogP) is 9.16. The third-order valence-corrected chi connectivity index (χ3v) is 12.2. The molecule has 0 saturated heterocycles. The number of aryl methyl sites for hydroxylation is 1. The number of halogens is 1. The van der Waals surface area contributed by atoms with Gasteiger partial charge in [0.25, 0.3) is 21.5 Å². The van der Waals surface area contributed by atoms with Gasteiger partial charge in [0.05, 0.1) is 28.7 Å². The van der Waals surface area contributed by atoms with Crippen LogP contribution in [0.3, 0.4) is 0 Å². The van der Waals surface area contributed by atoms with E-state index in [0.717, 1.165) is 49.5 Å². The Morgan fingerprint density at radius 2 is 1.63 bits per heavy atom. The average Bonchev–Trinajstić information content (AvgIpc) is 3.47. The van der Waals surface area contributed by atoms with Crippen LogP contribution in [0.1, 0.15) is 104 Å². The molecule has 2 aromatic heterocycles. The molecule has 0 aliphatic carbocycles. The second-order valence-electron chi connectivity index (χ2n) is 15.8. The Balaban J connectivity index is 1.74. The number of sulfonamides is 1. The number of hydrogen-bond acceptors (Lipinski definition) is 9. The van der Waals surface area contributed by atoms with Gasteiger partial charge in [0.1, 0.15) is 16.5 Å². The molecule has 0 bridgehead atoms. The zero-order valence-electron chi connectivity index (χ0n) is 34.7. The number of ether oxygens (including phenoxy) is 1. The number of aromatic nitrogens is 3. The summed E-state index contributed by atoms with van der Waals surface area (Å²) in [6.07, 6.45) is 7.02. The van der Waals surface area contributed by atoms with Crippen LogP contribution in [0.5, 0.6) is 11.6 Å². The van der Waals surface area contributed by atoms with E-state index in [-0.39, 0.29) is 62.7 Å². The molecule has 2 unspecified atom stereocenters. The maximum atomic E-state index is 15.0. The fourth-order valence-corrected chi connectivity index (χ4v) is 8.72. The number of para-hydroxylation sites is 2. The number of carbonyl (C=O) groups is 1. The largest absolute Gasteiger partial charge is 0.495 e. The highest BCUT2D eigenvalue weighted by molar-refractivity contribution is 7.92. The number of anilines is 2. The van der Waals surface area contributed by atoms with Crippen molar-refractivity contribution in [1.29, 1.82) is 0 Å². The summed E-state index contributed by atoms with van der Waals surface area (Å²) in [4.78, 5) is 48.3. The van der Waals surface area contributed by atoms with Gasteiger partial charge in [-0.2, -0.15) is 0 Å². The van der Waals surface area contributed by atoms with Gasteiger partial charge in [0.2, 0.25) is 5.88 Å². The lowest BCUT2D eigenvalue weighted by Gasteiger charge is -2.25. The lowest BCUT2D eigenvalue weighted by atomic mass is 9.91. The van der Waals surface area contributed by atoms with Gasteiger partial charge < -0.3 is 19.6 Å². The number of benzene rings is 3. The van der Waals surface area contributed by atoms with Crippen molar-refractivity contribution in [2.75, 3.05) is 17.1 Å². The van der Waals surface area contributed by atoms with Crippen molar-refractivity contribution in [3.8, 4) is 11.6 Å². The molecule has 2 heterocycles. The van der Waals surface area contributed by atoms with Gasteiger partial charge in [-0.15, -0.1) is 0 Å². The molecule has 0 spiro atoms. The van der Waals surface area contributed by atoms with E-state index in [1.165, 1.54) is 42.0 Å². The summed E-state index contributed by atoms with van der Waals surface area (Å²) in [5.74, 6) is -1.17. The fraction of sp³-hybridized carbons (Fsp3) is 0.455. The molecule has 1 amide bonds. The number of oxazole rings is 1. The summed E-state index contributed by atoms with van der Waals surface area (Å²) in [5.41, 5.74) is -0.0412. The first kappa shape index (κ1) is 45.0. The smallest absolute Gasteiger partial charge is 0.423 e. The zero-order chi connectivity index (χ0) is 42.9. The molecule has 0 aliphatic heterocycles. The molecule has 0 fully saturated rings. The molecular formula is C44H56ClN5O8S. The number of hydrogen-bond donors (Lipinski definition) is 3. The van der Waals surface area contributed by atoms with Gasteiger partial charge in [-0.05, 0) is 79.5 Å². The molecule has 318 valence electrons. The minimum atomic E-state index is -4.16. The standard InChI is InChI=1S/C44H56ClN5O8S/c1-7-8-19-37-43(53)50(44(54)58-37)39(41(51)47-35-18-12-13-20-36(35)57-6)40-46-34-25-24-31(48-59(55,56)38-21-14-11-17-33(38)45)26-32(34)42(52)49(40)27-30(23-22-29(4)5)16-10-9-15-28(2)3/h11-14,17-18,20-21,24-26,28-30,39,48,53H,7-10,15-16,19,22-23,27H2,1-6H3,(H,47,51). The number of rotatable bonds is 21. The molecule has 13 nitrogen and oxygen atoms in total. The van der Waals surface area contributed by atoms with E-state index in [1.807, 2.05) is 6.92 Å². The number of nitrogens with one attached hydrogen (secondary N) is 2. The van der Waals surface area contributed by atoms with E-state index < -0.39 is 39.2 Å². The van der Waals surface area contributed by atoms with Crippen LogP contribution in [-0.2, 0) is 27.8 Å². The van der Waals surface area contributed by atoms with Crippen LogP contribution in [0, 0.1) is 17.8 Å². The summed E-state index contributed by atoms with van der Waals surface area (Å²) in [5, 5.41) is 14.6. The first-order chi connectivity index (χ1) is 28.1. The van der Waals surface area contributed by atoms with E-state index in [4.69, 9.17) is 25.7 Å². The average molecular weight is 850 g/mol. The second kappa shape index (κ2) is 20.3. The van der Waals surface area contributed by atoms with E-state index in [0.29, 0.717) is 24.0 Å². The Bertz CT molecular complexity index is 2460. The summed E-state index contributed by atoms with van der Waals surface area (Å²) >= 11 is 6.24. The van der Waals surface area contributed by atoms with Crippen LogP contribution < -0.4 is 26.1 Å². The molecule has 0 radical (unpaired) electrons. The van der Waals surface area contributed by atoms with Crippen molar-refractivity contribution in [1.82, 2.24) is 14.1 Å². The second-order valence-corrected chi connectivity index (χ2v) is 17.9. The lowest BCUT2D eigenvalue weighted by molar-refractivity contribution is -0.118. The van der Waals surface area contributed by atoms with Crippen LogP contribution in [0.15, 0.2) is 85.6 Å². The first-order valence-corrected chi connectivity index (χ1v) is 22.2. The van der Waals surface area contributed by atoms with Crippen LogP contribution in [0.2, 0.25) is 5.02 Å². The highest BCUT2D eigenvalue weighted by Gasteiger charge is 2.35. The minimum Gasteiger partial charge on any atom is -0.495 e. The van der Waals surface area contributed by atoms with Crippen LogP contribution in [0.4, 0.5) is 11.4 Å². The summed E-state index contributed by atoms with van der Waals surface area (Å²) in [6, 6.07) is 15.4. The molecule has 3 N–H and O–H groups in total. The van der Waals surface area contributed by atoms with Crippen LogP contribution in [-0.4, -0.2) is 40.7 Å². The molecule has 0 saturated carbocycles. The summed E-state index contributed by atoms with van der Waals surface area (Å²) in [6.45, 7) is 10.7. The topological polar surface area (TPSA) is 175 Å². The van der Waals surface area contributed by atoms with E-state index >= 15 is 4.79 Å². The number of aromatic hydroxyl groups is 1. The maximum Gasteiger partial charge on any atom is 0.423 e. The number of methoxy groups -OCH3 is 1. The van der Waals surface area contributed by atoms with Crippen molar-refractivity contribution in [2.45, 2.75) is 110 Å². The highest BCUT2D eigenvalue weighted by atomic mass is 35.5. The SMILES string of the molecule is CCCCc1oc(=O)n(C(C(=O)Nc2ccccc2OC)c2nc3ccc(NS(=O)(=O)c4ccccc4Cl)cc3c(=O)n2CC(CCCCC(C)C)CCC(C)C)c1O. The number of fused-ring (bicyclic) bond motifs is 1. The monoisotopic (exact) mass is 849 g/mol. The molecule has 5 aromatic rings. The van der Waals surface area contributed by atoms with E-state index in [1.54, 1.807) is 36.4 Å². The number of nitrogens with zero attached hydrogens (tertiary/aromatic N) is 3. The van der Waals surface area contributed by atoms with Gasteiger partial charge in [-0.1, -0.05) is 103 Å². The summed E-state index contributed by atoms with van der Waals surface area (Å²) < 4.78 is 42.7. The van der Waals surface area contributed by atoms with Gasteiger partial charge in [-0.25, -0.2) is 22.8 Å². The molecular weight excluding hydrogens is 794 g/mol. The van der Waals surface area contributed by atoms with Crippen molar-refractivity contribution in [3.05, 3.63) is 104 Å². The Morgan fingerprint density at radius 1 is 0.932 bits per heavy atom. The van der Waals surface area contributed by atoms with Crippen LogP contribution >= 0.6 is 11.6 Å². The third kappa shape index (κ3) is 11.2. The molecule has 59 heavy (non-hydrogen) atoms. The van der Waals surface area contributed by atoms with Gasteiger partial charge in [-0.3, -0.25) is 18.9 Å². The molecule has 0 aliphatic rings. The van der Waals surface area contributed by atoms with E-state index in [2.05, 4.69) is 37.7 Å². The number of carbonyl (C=O) groups excluding carboxylic acids is 1. The lowest BCUT2D eigenvalue weighted by Crippen LogP contribution is -2.39. The van der Waals surface area contributed by atoms with E-state index in [9.17, 15) is 23.1 Å². The number of amides is 1. The molecule has 5 rings (SSSR count). The first-order valence-electron chi connectivity index (χ1n) is 20.3. The number of unbranched alkanes of at least 4 members (excludes halogenated alkanes) is 2. The quantitative estimate of drug-likeness (QED) is 0.0608. The normalized spacial score (nSPS) is 12.9. The Morgan fingerprint density at radius 3 is 2.32 bits per heavy atom. The predicted molar refractivity (Wildman–Crippen MR) is 232 cm³/mol. The highest BCUT2D eigenvalue weighted by Crippen LogP contribution is 2.32. The zero-order valence-corrected chi connectivity index (χ0v) is 36.2. The Labute approximate surface area is 350 Å². The third-order valence-electron chi connectivity index (χ3n) is 10.4. The van der Waals surface area contributed by atoms with Gasteiger partial charge in [0, 0.05) is 18.7 Å². The van der Waals surface area contributed by atoms with Gasteiger partial charge in [0.15, 0.2) is 11.8 Å². The Kier molecular flexibility index (Phi) is 15.5. The fourth-order valence-electron chi connectivity index (χ4n) is 7.15. The molecule has 2 atom stereocenters. The van der Waals surface area contributed by atoms with Crippen molar-refractivity contribution < 1.29 is 27.5 Å². The van der Waals surface area contributed by atoms with Crippen LogP contribution in [0.25, 0.3) is 10.9 Å². The maximum absolute atomic E-state index is 15.0. The minimum absolute atomic E-state index is 0.0111. The van der Waals surface area contributed by atoms with Crippen molar-refractivity contribution in [3.63, 3.8) is 0 Å². The molecule has 3 aromatic carbocycles. The Hall–Kier alpha value is -5.08.